The fraction of sp³-hybridized carbons (Fsp3) is 0.294. The zero-order valence-electron chi connectivity index (χ0n) is 13.5. The van der Waals surface area contributed by atoms with Crippen LogP contribution in [0.3, 0.4) is 0 Å². The van der Waals surface area contributed by atoms with E-state index in [0.29, 0.717) is 6.54 Å². The summed E-state index contributed by atoms with van der Waals surface area (Å²) in [6.07, 6.45) is 0. The van der Waals surface area contributed by atoms with Crippen LogP contribution in [0.25, 0.3) is 0 Å². The van der Waals surface area contributed by atoms with Crippen molar-refractivity contribution in [1.82, 2.24) is 10.0 Å². The predicted molar refractivity (Wildman–Crippen MR) is 91.7 cm³/mol. The summed E-state index contributed by atoms with van der Waals surface area (Å²) >= 11 is 0. The van der Waals surface area contributed by atoms with Gasteiger partial charge in [0.2, 0.25) is 10.0 Å². The number of ether oxygens (including phenoxy) is 1. The summed E-state index contributed by atoms with van der Waals surface area (Å²) in [5.41, 5.74) is 1.63. The van der Waals surface area contributed by atoms with Gasteiger partial charge in [0.05, 0.1) is 12.9 Å². The van der Waals surface area contributed by atoms with E-state index < -0.39 is 15.8 Å². The summed E-state index contributed by atoms with van der Waals surface area (Å²) < 4.78 is 44.8. The summed E-state index contributed by atoms with van der Waals surface area (Å²) in [6, 6.07) is 14.0. The second kappa shape index (κ2) is 8.77. The Labute approximate surface area is 141 Å². The van der Waals surface area contributed by atoms with Gasteiger partial charge in [-0.05, 0) is 23.3 Å². The maximum absolute atomic E-state index is 13.6. The third-order valence-electron chi connectivity index (χ3n) is 3.43. The van der Waals surface area contributed by atoms with Crippen molar-refractivity contribution in [3.63, 3.8) is 0 Å². The van der Waals surface area contributed by atoms with Crippen molar-refractivity contribution in [1.29, 1.82) is 0 Å². The van der Waals surface area contributed by atoms with Crippen LogP contribution in [0, 0.1) is 5.82 Å². The lowest BCUT2D eigenvalue weighted by Gasteiger charge is -2.09. The summed E-state index contributed by atoms with van der Waals surface area (Å²) in [6.45, 7) is 0.930. The molecule has 7 heteroatoms. The van der Waals surface area contributed by atoms with Gasteiger partial charge in [-0.25, -0.2) is 17.5 Å². The minimum atomic E-state index is -3.36. The Bertz CT molecular complexity index is 752. The molecule has 0 atom stereocenters. The summed E-state index contributed by atoms with van der Waals surface area (Å²) in [7, 11) is -1.95. The number of sulfonamides is 1. The van der Waals surface area contributed by atoms with Gasteiger partial charge in [0.25, 0.3) is 0 Å². The van der Waals surface area contributed by atoms with Crippen LogP contribution < -0.4 is 14.8 Å². The largest absolute Gasteiger partial charge is 0.494 e. The van der Waals surface area contributed by atoms with Crippen molar-refractivity contribution < 1.29 is 17.5 Å². The number of hydrogen-bond acceptors (Lipinski definition) is 4. The van der Waals surface area contributed by atoms with E-state index in [2.05, 4.69) is 10.0 Å². The molecule has 0 spiro atoms. The highest BCUT2D eigenvalue weighted by atomic mass is 32.2. The van der Waals surface area contributed by atoms with Gasteiger partial charge >= 0.3 is 0 Å². The van der Waals surface area contributed by atoms with E-state index in [-0.39, 0.29) is 24.6 Å². The van der Waals surface area contributed by atoms with Crippen molar-refractivity contribution in [3.05, 3.63) is 65.5 Å². The van der Waals surface area contributed by atoms with Crippen molar-refractivity contribution in [3.8, 4) is 5.75 Å². The Morgan fingerprint density at radius 1 is 1.04 bits per heavy atom. The molecular formula is C17H21FN2O3S. The molecule has 130 valence electrons. The number of nitrogens with one attached hydrogen (secondary N) is 2. The molecule has 0 aliphatic carbocycles. The van der Waals surface area contributed by atoms with Gasteiger partial charge in [0, 0.05) is 19.6 Å². The van der Waals surface area contributed by atoms with E-state index in [9.17, 15) is 12.8 Å². The smallest absolute Gasteiger partial charge is 0.213 e. The molecule has 2 rings (SSSR count). The van der Waals surface area contributed by atoms with Crippen molar-refractivity contribution in [2.24, 2.45) is 0 Å². The quantitative estimate of drug-likeness (QED) is 0.678. The maximum Gasteiger partial charge on any atom is 0.213 e. The third-order valence-corrected chi connectivity index (χ3v) is 4.76. The summed E-state index contributed by atoms with van der Waals surface area (Å²) in [5.74, 6) is -0.293. The SMILES string of the molecule is COc1ccc(CNCCS(=O)(=O)NCc2ccccc2)cc1F. The monoisotopic (exact) mass is 352 g/mol. The molecule has 0 heterocycles. The number of rotatable bonds is 9. The molecule has 0 saturated heterocycles. The Morgan fingerprint density at radius 3 is 2.46 bits per heavy atom. The van der Waals surface area contributed by atoms with Crippen LogP contribution in [0.4, 0.5) is 4.39 Å². The van der Waals surface area contributed by atoms with Crippen molar-refractivity contribution in [2.45, 2.75) is 13.1 Å². The molecule has 2 N–H and O–H groups in total. The molecule has 0 saturated carbocycles. The minimum Gasteiger partial charge on any atom is -0.494 e. The summed E-state index contributed by atoms with van der Waals surface area (Å²) in [4.78, 5) is 0. The van der Waals surface area contributed by atoms with Gasteiger partial charge in [-0.2, -0.15) is 0 Å². The molecule has 0 unspecified atom stereocenters. The molecule has 24 heavy (non-hydrogen) atoms. The average Bonchev–Trinajstić information content (AvgIpc) is 2.58. The van der Waals surface area contributed by atoms with Gasteiger partial charge in [0.15, 0.2) is 11.6 Å². The minimum absolute atomic E-state index is 0.0432. The lowest BCUT2D eigenvalue weighted by molar-refractivity contribution is 0.386. The molecular weight excluding hydrogens is 331 g/mol. The molecule has 0 radical (unpaired) electrons. The van der Waals surface area contributed by atoms with E-state index in [0.717, 1.165) is 11.1 Å². The van der Waals surface area contributed by atoms with E-state index in [1.807, 2.05) is 30.3 Å². The second-order valence-electron chi connectivity index (χ2n) is 5.27. The zero-order valence-corrected chi connectivity index (χ0v) is 14.3. The predicted octanol–water partition coefficient (Wildman–Crippen LogP) is 2.04. The van der Waals surface area contributed by atoms with Gasteiger partial charge < -0.3 is 10.1 Å². The Hall–Kier alpha value is -1.96. The standard InChI is InChI=1S/C17H21FN2O3S/c1-23-17-8-7-15(11-16(17)18)12-19-9-10-24(21,22)20-13-14-5-3-2-4-6-14/h2-8,11,19-20H,9-10,12-13H2,1H3. The normalized spacial score (nSPS) is 11.4. The van der Waals surface area contributed by atoms with Gasteiger partial charge in [-0.3, -0.25) is 0 Å². The molecule has 0 bridgehead atoms. The van der Waals surface area contributed by atoms with E-state index in [4.69, 9.17) is 4.74 Å². The van der Waals surface area contributed by atoms with Gasteiger partial charge in [-0.15, -0.1) is 0 Å². The maximum atomic E-state index is 13.6. The first-order chi connectivity index (χ1) is 11.5. The lowest BCUT2D eigenvalue weighted by Crippen LogP contribution is -2.31. The second-order valence-corrected chi connectivity index (χ2v) is 7.20. The molecule has 0 aromatic heterocycles. The first kappa shape index (κ1) is 18.4. The number of halogens is 1. The zero-order chi connectivity index (χ0) is 17.4. The van der Waals surface area contributed by atoms with Gasteiger partial charge in [0.1, 0.15) is 0 Å². The molecule has 0 aliphatic rings. The van der Waals surface area contributed by atoms with Crippen molar-refractivity contribution >= 4 is 10.0 Å². The van der Waals surface area contributed by atoms with Crippen LogP contribution in [-0.2, 0) is 23.1 Å². The van der Waals surface area contributed by atoms with Gasteiger partial charge in [-0.1, -0.05) is 36.4 Å². The molecule has 0 amide bonds. The number of benzene rings is 2. The highest BCUT2D eigenvalue weighted by Crippen LogP contribution is 2.17. The lowest BCUT2D eigenvalue weighted by atomic mass is 10.2. The van der Waals surface area contributed by atoms with Crippen LogP contribution >= 0.6 is 0 Å². The number of methoxy groups -OCH3 is 1. The van der Waals surface area contributed by atoms with Crippen LogP contribution in [0.2, 0.25) is 0 Å². The van der Waals surface area contributed by atoms with E-state index >= 15 is 0 Å². The highest BCUT2D eigenvalue weighted by Gasteiger charge is 2.09. The van der Waals surface area contributed by atoms with Crippen molar-refractivity contribution in [2.75, 3.05) is 19.4 Å². The Balaban J connectivity index is 1.73. The van der Waals surface area contributed by atoms with Crippen LogP contribution in [0.1, 0.15) is 11.1 Å². The van der Waals surface area contributed by atoms with Crippen LogP contribution in [0.5, 0.6) is 5.75 Å². The molecule has 5 nitrogen and oxygen atoms in total. The fourth-order valence-electron chi connectivity index (χ4n) is 2.12. The number of hydrogen-bond donors (Lipinski definition) is 2. The summed E-state index contributed by atoms with van der Waals surface area (Å²) in [5, 5.41) is 2.99. The van der Waals surface area contributed by atoms with E-state index in [1.54, 1.807) is 12.1 Å². The molecule has 0 fully saturated rings. The average molecular weight is 352 g/mol. The molecule has 2 aromatic carbocycles. The first-order valence-corrected chi connectivity index (χ1v) is 9.20. The molecule has 2 aromatic rings. The Kier molecular flexibility index (Phi) is 6.72. The molecule has 0 aliphatic heterocycles. The highest BCUT2D eigenvalue weighted by molar-refractivity contribution is 7.89. The third kappa shape index (κ3) is 5.92. The Morgan fingerprint density at radius 2 is 1.79 bits per heavy atom. The van der Waals surface area contributed by atoms with Crippen LogP contribution in [0.15, 0.2) is 48.5 Å². The first-order valence-electron chi connectivity index (χ1n) is 7.54. The topological polar surface area (TPSA) is 67.4 Å². The van der Waals surface area contributed by atoms with E-state index in [1.165, 1.54) is 13.2 Å². The van der Waals surface area contributed by atoms with Crippen LogP contribution in [-0.4, -0.2) is 27.8 Å². The fourth-order valence-corrected chi connectivity index (χ4v) is 3.06.